The lowest BCUT2D eigenvalue weighted by atomic mass is 9.95. The summed E-state index contributed by atoms with van der Waals surface area (Å²) in [6.07, 6.45) is 5.30. The van der Waals surface area contributed by atoms with Gasteiger partial charge in [-0.25, -0.2) is 8.42 Å². The van der Waals surface area contributed by atoms with Gasteiger partial charge in [0.1, 0.15) is 18.3 Å². The molecule has 2 amide bonds. The number of hydrogen-bond acceptors (Lipinski definition) is 5. The smallest absolute Gasteiger partial charge is 0.264 e. The molecule has 0 heterocycles. The molecule has 4 rings (SSSR count). The number of carbonyl (C=O) groups excluding carboxylic acids is 2. The van der Waals surface area contributed by atoms with Gasteiger partial charge in [0.2, 0.25) is 11.8 Å². The predicted octanol–water partition coefficient (Wildman–Crippen LogP) is 7.61. The van der Waals surface area contributed by atoms with E-state index in [-0.39, 0.29) is 29.1 Å². The third-order valence-corrected chi connectivity index (χ3v) is 10.7. The molecular formula is C33H38BrCl2N3O5S. The van der Waals surface area contributed by atoms with Crippen LogP contribution in [0.15, 0.2) is 76.1 Å². The lowest BCUT2D eigenvalue weighted by Gasteiger charge is -2.34. The molecule has 1 aliphatic rings. The minimum absolute atomic E-state index is 0.0130. The van der Waals surface area contributed by atoms with Gasteiger partial charge in [-0.1, -0.05) is 71.4 Å². The summed E-state index contributed by atoms with van der Waals surface area (Å²) >= 11 is 16.0. The molecule has 1 atom stereocenters. The zero-order valence-corrected chi connectivity index (χ0v) is 29.3. The Morgan fingerprint density at radius 2 is 1.64 bits per heavy atom. The Kier molecular flexibility index (Phi) is 12.6. The Balaban J connectivity index is 1.73. The van der Waals surface area contributed by atoms with Crippen LogP contribution >= 0.6 is 39.1 Å². The first-order valence-electron chi connectivity index (χ1n) is 15.1. The highest BCUT2D eigenvalue weighted by atomic mass is 79.9. The molecule has 12 heteroatoms. The van der Waals surface area contributed by atoms with Crippen molar-refractivity contribution in [3.05, 3.63) is 86.8 Å². The van der Waals surface area contributed by atoms with E-state index < -0.39 is 28.5 Å². The molecule has 0 unspecified atom stereocenters. The van der Waals surface area contributed by atoms with Crippen molar-refractivity contribution in [2.45, 2.75) is 75.9 Å². The Hall–Kier alpha value is -2.79. The molecule has 242 valence electrons. The van der Waals surface area contributed by atoms with Gasteiger partial charge in [-0.2, -0.15) is 0 Å². The van der Waals surface area contributed by atoms with E-state index in [1.54, 1.807) is 54.6 Å². The Bertz CT molecular complexity index is 1570. The van der Waals surface area contributed by atoms with Gasteiger partial charge in [-0.3, -0.25) is 13.9 Å². The molecule has 1 aliphatic carbocycles. The molecule has 45 heavy (non-hydrogen) atoms. The second kappa shape index (κ2) is 16.2. The fourth-order valence-corrected chi connectivity index (χ4v) is 7.58. The van der Waals surface area contributed by atoms with Gasteiger partial charge < -0.3 is 15.0 Å². The van der Waals surface area contributed by atoms with E-state index >= 15 is 0 Å². The predicted molar refractivity (Wildman–Crippen MR) is 182 cm³/mol. The second-order valence-corrected chi connectivity index (χ2v) is 14.5. The third kappa shape index (κ3) is 9.15. The van der Waals surface area contributed by atoms with Crippen molar-refractivity contribution in [2.75, 3.05) is 17.5 Å². The lowest BCUT2D eigenvalue weighted by Crippen LogP contribution is -2.54. The van der Waals surface area contributed by atoms with Gasteiger partial charge in [-0.05, 0) is 92.4 Å². The summed E-state index contributed by atoms with van der Waals surface area (Å²) in [6.45, 7) is 3.57. The largest absolute Gasteiger partial charge is 0.494 e. The summed E-state index contributed by atoms with van der Waals surface area (Å²) in [6, 6.07) is 16.9. The average molecular weight is 740 g/mol. The molecule has 3 aromatic carbocycles. The van der Waals surface area contributed by atoms with Crippen LogP contribution in [0.3, 0.4) is 0 Å². The molecule has 3 aromatic rings. The summed E-state index contributed by atoms with van der Waals surface area (Å²) in [4.78, 5) is 29.5. The van der Waals surface area contributed by atoms with Gasteiger partial charge in [-0.15, -0.1) is 0 Å². The van der Waals surface area contributed by atoms with Crippen LogP contribution < -0.4 is 14.4 Å². The number of sulfonamides is 1. The third-order valence-electron chi connectivity index (χ3n) is 7.81. The van der Waals surface area contributed by atoms with Crippen LogP contribution in [0, 0.1) is 0 Å². The van der Waals surface area contributed by atoms with Crippen LogP contribution in [0.5, 0.6) is 5.75 Å². The molecule has 0 aromatic heterocycles. The summed E-state index contributed by atoms with van der Waals surface area (Å²) in [5.74, 6) is -0.259. The number of anilines is 1. The standard InChI is InChI=1S/C33H38BrCl2N3O5S/c1-3-31(33(41)37-26-8-6-5-7-9-26)38(21-23-10-13-25(35)20-30(23)36)32(40)22-39(27-14-16-28(17-15-27)44-4-2)45(42,43)29-18-11-24(34)12-19-29/h10-20,26,31H,3-9,21-22H2,1-2H3,(H,37,41)/t31-/m0/s1. The number of ether oxygens (including phenoxy) is 1. The van der Waals surface area contributed by atoms with E-state index in [4.69, 9.17) is 27.9 Å². The van der Waals surface area contributed by atoms with Crippen molar-refractivity contribution in [2.24, 2.45) is 0 Å². The number of amides is 2. The summed E-state index contributed by atoms with van der Waals surface area (Å²) in [7, 11) is -4.21. The van der Waals surface area contributed by atoms with Crippen LogP contribution in [-0.2, 0) is 26.2 Å². The van der Waals surface area contributed by atoms with Gasteiger partial charge in [0.15, 0.2) is 0 Å². The van der Waals surface area contributed by atoms with E-state index in [0.717, 1.165) is 36.4 Å². The maximum absolute atomic E-state index is 14.3. The highest BCUT2D eigenvalue weighted by Crippen LogP contribution is 2.29. The normalized spacial score (nSPS) is 14.4. The minimum Gasteiger partial charge on any atom is -0.494 e. The van der Waals surface area contributed by atoms with E-state index in [2.05, 4.69) is 21.2 Å². The van der Waals surface area contributed by atoms with E-state index in [0.29, 0.717) is 38.9 Å². The fourth-order valence-electron chi connectivity index (χ4n) is 5.44. The first-order valence-corrected chi connectivity index (χ1v) is 18.1. The fraction of sp³-hybridized carbons (Fsp3) is 0.394. The number of rotatable bonds is 13. The first-order chi connectivity index (χ1) is 21.5. The van der Waals surface area contributed by atoms with E-state index in [1.165, 1.54) is 17.0 Å². The Morgan fingerprint density at radius 1 is 0.978 bits per heavy atom. The Labute approximate surface area is 284 Å². The molecule has 8 nitrogen and oxygen atoms in total. The highest BCUT2D eigenvalue weighted by Gasteiger charge is 2.34. The molecule has 0 spiro atoms. The van der Waals surface area contributed by atoms with E-state index in [1.807, 2.05) is 13.8 Å². The van der Waals surface area contributed by atoms with Crippen LogP contribution in [0.4, 0.5) is 5.69 Å². The first kappa shape index (κ1) is 35.1. The van der Waals surface area contributed by atoms with Gasteiger partial charge in [0.05, 0.1) is 17.2 Å². The van der Waals surface area contributed by atoms with Crippen molar-refractivity contribution >= 4 is 66.7 Å². The quantitative estimate of drug-likeness (QED) is 0.195. The van der Waals surface area contributed by atoms with Crippen LogP contribution in [0.25, 0.3) is 0 Å². The second-order valence-electron chi connectivity index (χ2n) is 10.9. The molecule has 1 saturated carbocycles. The summed E-state index contributed by atoms with van der Waals surface area (Å²) in [5.41, 5.74) is 0.862. The maximum atomic E-state index is 14.3. The van der Waals surface area contributed by atoms with Gasteiger partial charge in [0.25, 0.3) is 10.0 Å². The number of halogens is 3. The van der Waals surface area contributed by atoms with Crippen molar-refractivity contribution in [1.82, 2.24) is 10.2 Å². The number of benzene rings is 3. The van der Waals surface area contributed by atoms with Crippen LogP contribution in [0.1, 0.15) is 57.9 Å². The minimum atomic E-state index is -4.21. The zero-order chi connectivity index (χ0) is 32.6. The van der Waals surface area contributed by atoms with Gasteiger partial charge in [0, 0.05) is 27.1 Å². The molecule has 0 saturated heterocycles. The number of hydrogen-bond donors (Lipinski definition) is 1. The topological polar surface area (TPSA) is 96.0 Å². The maximum Gasteiger partial charge on any atom is 0.264 e. The monoisotopic (exact) mass is 737 g/mol. The number of carbonyl (C=O) groups is 2. The molecular weight excluding hydrogens is 701 g/mol. The van der Waals surface area contributed by atoms with Crippen molar-refractivity contribution in [1.29, 1.82) is 0 Å². The molecule has 0 bridgehead atoms. The Morgan fingerprint density at radius 3 is 2.24 bits per heavy atom. The van der Waals surface area contributed by atoms with Crippen molar-refractivity contribution in [3.63, 3.8) is 0 Å². The molecule has 1 fully saturated rings. The van der Waals surface area contributed by atoms with Crippen molar-refractivity contribution < 1.29 is 22.7 Å². The number of nitrogens with one attached hydrogen (secondary N) is 1. The summed E-state index contributed by atoms with van der Waals surface area (Å²) < 4.78 is 35.5. The van der Waals surface area contributed by atoms with Crippen LogP contribution in [-0.4, -0.2) is 50.4 Å². The highest BCUT2D eigenvalue weighted by molar-refractivity contribution is 9.10. The van der Waals surface area contributed by atoms with Crippen molar-refractivity contribution in [3.8, 4) is 5.75 Å². The number of nitrogens with zero attached hydrogens (tertiary/aromatic N) is 2. The van der Waals surface area contributed by atoms with E-state index in [9.17, 15) is 18.0 Å². The SMILES string of the molecule is CCOc1ccc(N(CC(=O)N(Cc2ccc(Cl)cc2Cl)[C@@H](CC)C(=O)NC2CCCCC2)S(=O)(=O)c2ccc(Br)cc2)cc1. The lowest BCUT2D eigenvalue weighted by molar-refractivity contribution is -0.140. The molecule has 0 radical (unpaired) electrons. The molecule has 1 N–H and O–H groups in total. The summed E-state index contributed by atoms with van der Waals surface area (Å²) in [5, 5.41) is 3.92. The zero-order valence-electron chi connectivity index (χ0n) is 25.3. The van der Waals surface area contributed by atoms with Gasteiger partial charge >= 0.3 is 0 Å². The molecule has 0 aliphatic heterocycles. The average Bonchev–Trinajstić information content (AvgIpc) is 3.02. The van der Waals surface area contributed by atoms with Crippen LogP contribution in [0.2, 0.25) is 10.0 Å².